The van der Waals surface area contributed by atoms with Crippen LogP contribution in [-0.4, -0.2) is 35.0 Å². The highest BCUT2D eigenvalue weighted by atomic mass is 16.4. The lowest BCUT2D eigenvalue weighted by Crippen LogP contribution is -2.57. The van der Waals surface area contributed by atoms with Gasteiger partial charge in [-0.25, -0.2) is 0 Å². The van der Waals surface area contributed by atoms with E-state index in [-0.39, 0.29) is 24.8 Å². The van der Waals surface area contributed by atoms with E-state index in [2.05, 4.69) is 10.6 Å². The molecule has 0 spiro atoms. The zero-order chi connectivity index (χ0) is 20.1. The minimum Gasteiger partial charge on any atom is -0.481 e. The summed E-state index contributed by atoms with van der Waals surface area (Å²) in [6.45, 7) is 1.62. The number of carbonyl (C=O) groups is 3. The highest BCUT2D eigenvalue weighted by Gasteiger charge is 2.42. The minimum atomic E-state index is -0.887. The Balaban J connectivity index is 1.57. The number of amides is 2. The molecule has 1 aliphatic carbocycles. The first kappa shape index (κ1) is 19.9. The van der Waals surface area contributed by atoms with Gasteiger partial charge in [-0.05, 0) is 36.1 Å². The molecular formula is C22H26N2O4. The fourth-order valence-electron chi connectivity index (χ4n) is 4.10. The van der Waals surface area contributed by atoms with E-state index in [0.717, 1.165) is 29.2 Å². The molecule has 2 aromatic rings. The molecule has 2 unspecified atom stereocenters. The van der Waals surface area contributed by atoms with Crippen molar-refractivity contribution < 1.29 is 19.5 Å². The Hall–Kier alpha value is -2.89. The molecule has 2 amide bonds. The lowest BCUT2D eigenvalue weighted by atomic mass is 9.74. The molecule has 0 aromatic heterocycles. The van der Waals surface area contributed by atoms with Gasteiger partial charge in [-0.15, -0.1) is 0 Å². The fourth-order valence-corrected chi connectivity index (χ4v) is 4.10. The van der Waals surface area contributed by atoms with Gasteiger partial charge < -0.3 is 15.7 Å². The second-order valence-electron chi connectivity index (χ2n) is 7.69. The molecule has 28 heavy (non-hydrogen) atoms. The van der Waals surface area contributed by atoms with E-state index in [0.29, 0.717) is 12.8 Å². The first-order valence-electron chi connectivity index (χ1n) is 9.66. The van der Waals surface area contributed by atoms with Crippen LogP contribution in [0.1, 0.15) is 38.2 Å². The van der Waals surface area contributed by atoms with Gasteiger partial charge in [0.05, 0.1) is 24.4 Å². The normalized spacial score (nSPS) is 21.8. The van der Waals surface area contributed by atoms with Crippen LogP contribution in [-0.2, 0) is 20.8 Å². The molecule has 3 rings (SSSR count). The van der Waals surface area contributed by atoms with Gasteiger partial charge in [0.1, 0.15) is 0 Å². The monoisotopic (exact) mass is 382 g/mol. The first-order valence-corrected chi connectivity index (χ1v) is 9.66. The third kappa shape index (κ3) is 4.50. The zero-order valence-corrected chi connectivity index (χ0v) is 16.0. The minimum absolute atomic E-state index is 0.161. The largest absolute Gasteiger partial charge is 0.481 e. The van der Waals surface area contributed by atoms with Crippen molar-refractivity contribution in [3.8, 4) is 0 Å². The van der Waals surface area contributed by atoms with Crippen molar-refractivity contribution in [1.29, 1.82) is 0 Å². The van der Waals surface area contributed by atoms with Gasteiger partial charge in [-0.1, -0.05) is 55.3 Å². The Morgan fingerprint density at radius 1 is 1.07 bits per heavy atom. The third-order valence-corrected chi connectivity index (χ3v) is 5.61. The van der Waals surface area contributed by atoms with E-state index in [1.807, 2.05) is 42.5 Å². The van der Waals surface area contributed by atoms with E-state index >= 15 is 0 Å². The van der Waals surface area contributed by atoms with Crippen LogP contribution in [0.25, 0.3) is 10.8 Å². The van der Waals surface area contributed by atoms with Gasteiger partial charge in [0.25, 0.3) is 0 Å². The maximum Gasteiger partial charge on any atom is 0.308 e. The number of carboxylic acid groups (broad SMARTS) is 1. The summed E-state index contributed by atoms with van der Waals surface area (Å²) in [7, 11) is 0. The van der Waals surface area contributed by atoms with E-state index in [4.69, 9.17) is 0 Å². The Kier molecular flexibility index (Phi) is 5.97. The Labute approximate surface area is 164 Å². The summed E-state index contributed by atoms with van der Waals surface area (Å²) in [4.78, 5) is 36.2. The molecule has 2 aromatic carbocycles. The van der Waals surface area contributed by atoms with Crippen molar-refractivity contribution in [1.82, 2.24) is 10.6 Å². The van der Waals surface area contributed by atoms with Crippen LogP contribution in [0.2, 0.25) is 0 Å². The number of hydrogen-bond acceptors (Lipinski definition) is 3. The molecule has 0 saturated heterocycles. The molecule has 6 nitrogen and oxygen atoms in total. The number of carboxylic acids is 1. The molecular weight excluding hydrogens is 356 g/mol. The van der Waals surface area contributed by atoms with Gasteiger partial charge in [0.15, 0.2) is 0 Å². The number of rotatable bonds is 6. The van der Waals surface area contributed by atoms with Crippen LogP contribution in [0.3, 0.4) is 0 Å². The van der Waals surface area contributed by atoms with Gasteiger partial charge in [0, 0.05) is 0 Å². The summed E-state index contributed by atoms with van der Waals surface area (Å²) < 4.78 is 0. The molecule has 0 radical (unpaired) electrons. The molecule has 148 valence electrons. The van der Waals surface area contributed by atoms with E-state index < -0.39 is 17.4 Å². The lowest BCUT2D eigenvalue weighted by Gasteiger charge is -2.39. The van der Waals surface area contributed by atoms with Crippen molar-refractivity contribution in [2.24, 2.45) is 5.92 Å². The van der Waals surface area contributed by atoms with Gasteiger partial charge >= 0.3 is 5.97 Å². The molecule has 3 N–H and O–H groups in total. The number of carbonyl (C=O) groups excluding carboxylic acids is 2. The standard InChI is InChI=1S/C22H26N2O4/c1-22(12-5-4-11-18(22)21(27)28)24-20(26)14-23-19(25)13-16-9-6-8-15-7-2-3-10-17(15)16/h2-3,6-10,18H,4-5,11-14H2,1H3,(H,23,25)(H,24,26)(H,27,28). The molecule has 0 bridgehead atoms. The molecule has 1 aliphatic rings. The highest BCUT2D eigenvalue weighted by Crippen LogP contribution is 2.33. The number of benzene rings is 2. The van der Waals surface area contributed by atoms with Crippen molar-refractivity contribution in [3.63, 3.8) is 0 Å². The second kappa shape index (κ2) is 8.42. The average molecular weight is 382 g/mol. The maximum atomic E-state index is 12.3. The van der Waals surface area contributed by atoms with E-state index in [9.17, 15) is 19.5 Å². The smallest absolute Gasteiger partial charge is 0.308 e. The van der Waals surface area contributed by atoms with E-state index in [1.54, 1.807) is 6.92 Å². The van der Waals surface area contributed by atoms with Crippen molar-refractivity contribution in [3.05, 3.63) is 48.0 Å². The highest BCUT2D eigenvalue weighted by molar-refractivity contribution is 5.91. The first-order chi connectivity index (χ1) is 13.4. The van der Waals surface area contributed by atoms with Gasteiger partial charge in [0.2, 0.25) is 11.8 Å². The van der Waals surface area contributed by atoms with Crippen LogP contribution >= 0.6 is 0 Å². The SMILES string of the molecule is CC1(NC(=O)CNC(=O)Cc2cccc3ccccc23)CCCCC1C(=O)O. The fraction of sp³-hybridized carbons (Fsp3) is 0.409. The van der Waals surface area contributed by atoms with Crippen molar-refractivity contribution in [2.45, 2.75) is 44.6 Å². The quantitative estimate of drug-likeness (QED) is 0.716. The summed E-state index contributed by atoms with van der Waals surface area (Å²) in [6, 6.07) is 13.7. The second-order valence-corrected chi connectivity index (χ2v) is 7.69. The Morgan fingerprint density at radius 3 is 2.61 bits per heavy atom. The zero-order valence-electron chi connectivity index (χ0n) is 16.0. The predicted molar refractivity (Wildman–Crippen MR) is 107 cm³/mol. The van der Waals surface area contributed by atoms with Gasteiger partial charge in [-0.3, -0.25) is 14.4 Å². The van der Waals surface area contributed by atoms with Gasteiger partial charge in [-0.2, -0.15) is 0 Å². The van der Waals surface area contributed by atoms with Crippen LogP contribution in [0.5, 0.6) is 0 Å². The number of hydrogen-bond donors (Lipinski definition) is 3. The summed E-state index contributed by atoms with van der Waals surface area (Å²) in [6.07, 6.45) is 3.10. The summed E-state index contributed by atoms with van der Waals surface area (Å²) in [5.74, 6) is -2.09. The van der Waals surface area contributed by atoms with Crippen LogP contribution < -0.4 is 10.6 Å². The van der Waals surface area contributed by atoms with Crippen molar-refractivity contribution >= 4 is 28.6 Å². The number of aliphatic carboxylic acids is 1. The summed E-state index contributed by atoms with van der Waals surface area (Å²) in [5, 5.41) is 17.0. The summed E-state index contributed by atoms with van der Waals surface area (Å²) >= 11 is 0. The Bertz CT molecular complexity index is 890. The summed E-state index contributed by atoms with van der Waals surface area (Å²) in [5.41, 5.74) is 0.128. The third-order valence-electron chi connectivity index (χ3n) is 5.61. The van der Waals surface area contributed by atoms with E-state index in [1.165, 1.54) is 0 Å². The van der Waals surface area contributed by atoms with Crippen molar-refractivity contribution in [2.75, 3.05) is 6.54 Å². The lowest BCUT2D eigenvalue weighted by molar-refractivity contribution is -0.146. The molecule has 1 fully saturated rings. The average Bonchev–Trinajstić information content (AvgIpc) is 2.66. The molecule has 0 heterocycles. The Morgan fingerprint density at radius 2 is 1.82 bits per heavy atom. The molecule has 2 atom stereocenters. The molecule has 1 saturated carbocycles. The van der Waals surface area contributed by atoms with Crippen LogP contribution in [0.4, 0.5) is 0 Å². The number of nitrogens with one attached hydrogen (secondary N) is 2. The molecule has 6 heteroatoms. The molecule has 0 aliphatic heterocycles. The topological polar surface area (TPSA) is 95.5 Å². The predicted octanol–water partition coefficient (Wildman–Crippen LogP) is 2.65. The van der Waals surface area contributed by atoms with Crippen LogP contribution in [0.15, 0.2) is 42.5 Å². The number of fused-ring (bicyclic) bond motifs is 1. The maximum absolute atomic E-state index is 12.3. The van der Waals surface area contributed by atoms with Crippen LogP contribution in [0, 0.1) is 5.92 Å².